The van der Waals surface area contributed by atoms with Gasteiger partial charge in [-0.25, -0.2) is 0 Å². The van der Waals surface area contributed by atoms with Gasteiger partial charge in [-0.15, -0.1) is 0 Å². The van der Waals surface area contributed by atoms with Gasteiger partial charge in [0.05, 0.1) is 12.2 Å². The molecule has 0 saturated carbocycles. The fraction of sp³-hybridized carbons (Fsp3) is 0.941. The average molecular weight is 282 g/mol. The number of amides is 1. The molecule has 1 saturated heterocycles. The fourth-order valence-corrected chi connectivity index (χ4v) is 3.39. The van der Waals surface area contributed by atoms with Crippen molar-refractivity contribution in [3.63, 3.8) is 0 Å². The number of carbonyl (C=O) groups is 1. The molecule has 0 spiro atoms. The highest BCUT2D eigenvalue weighted by Gasteiger charge is 2.39. The second kappa shape index (κ2) is 8.02. The maximum absolute atomic E-state index is 12.6. The number of carbonyl (C=O) groups excluding carboxylic acids is 1. The molecular weight excluding hydrogens is 248 g/mol. The van der Waals surface area contributed by atoms with Crippen LogP contribution in [0.25, 0.3) is 0 Å². The van der Waals surface area contributed by atoms with Gasteiger partial charge in [-0.05, 0) is 30.6 Å². The van der Waals surface area contributed by atoms with Crippen LogP contribution in [0.1, 0.15) is 67.2 Å². The highest BCUT2D eigenvalue weighted by molar-refractivity contribution is 5.84. The highest BCUT2D eigenvalue weighted by atomic mass is 16.2. The van der Waals surface area contributed by atoms with Gasteiger partial charge >= 0.3 is 0 Å². The van der Waals surface area contributed by atoms with E-state index in [4.69, 9.17) is 0 Å². The van der Waals surface area contributed by atoms with Crippen LogP contribution in [0.2, 0.25) is 0 Å². The van der Waals surface area contributed by atoms with Crippen molar-refractivity contribution in [3.8, 4) is 0 Å². The summed E-state index contributed by atoms with van der Waals surface area (Å²) in [6.07, 6.45) is 4.46. The van der Waals surface area contributed by atoms with Crippen molar-refractivity contribution in [2.24, 2.45) is 17.8 Å². The predicted octanol–water partition coefficient (Wildman–Crippen LogP) is 3.64. The molecule has 2 atom stereocenters. The Kier molecular flexibility index (Phi) is 7.01. The van der Waals surface area contributed by atoms with Crippen LogP contribution in [0.4, 0.5) is 0 Å². The van der Waals surface area contributed by atoms with Crippen LogP contribution in [0.5, 0.6) is 0 Å². The quantitative estimate of drug-likeness (QED) is 0.737. The molecule has 1 heterocycles. The van der Waals surface area contributed by atoms with Crippen molar-refractivity contribution in [1.82, 2.24) is 10.2 Å². The zero-order chi connectivity index (χ0) is 15.3. The maximum Gasteiger partial charge on any atom is 0.241 e. The van der Waals surface area contributed by atoms with Gasteiger partial charge in [0, 0.05) is 6.54 Å². The van der Waals surface area contributed by atoms with E-state index in [1.165, 1.54) is 0 Å². The third kappa shape index (κ3) is 4.21. The van der Waals surface area contributed by atoms with Crippen LogP contribution in [0, 0.1) is 17.8 Å². The van der Waals surface area contributed by atoms with Crippen LogP contribution < -0.4 is 5.32 Å². The summed E-state index contributed by atoms with van der Waals surface area (Å²) >= 11 is 0. The first-order valence-corrected chi connectivity index (χ1v) is 8.48. The highest BCUT2D eigenvalue weighted by Crippen LogP contribution is 2.26. The molecule has 0 aromatic heterocycles. The van der Waals surface area contributed by atoms with E-state index < -0.39 is 0 Å². The van der Waals surface area contributed by atoms with Gasteiger partial charge in [-0.2, -0.15) is 0 Å². The minimum absolute atomic E-state index is 0.0523. The molecule has 0 aromatic carbocycles. The van der Waals surface area contributed by atoms with E-state index >= 15 is 0 Å². The summed E-state index contributed by atoms with van der Waals surface area (Å²) in [4.78, 5) is 14.8. The van der Waals surface area contributed by atoms with Crippen LogP contribution in [0.15, 0.2) is 0 Å². The standard InChI is InChI=1S/C17H34N2O/c1-7-9-15-17(20)19(16(18-15)10-8-2)11-14(12(3)4)13(5)6/h12-16,18H,7-11H2,1-6H3. The molecule has 1 fully saturated rings. The molecule has 1 rings (SSSR count). The number of hydrogen-bond donors (Lipinski definition) is 1. The molecule has 118 valence electrons. The maximum atomic E-state index is 12.6. The Labute approximate surface area is 125 Å². The van der Waals surface area contributed by atoms with Gasteiger partial charge in [-0.3, -0.25) is 10.1 Å². The Hall–Kier alpha value is -0.570. The number of hydrogen-bond acceptors (Lipinski definition) is 2. The molecule has 1 N–H and O–H groups in total. The van der Waals surface area contributed by atoms with Crippen molar-refractivity contribution >= 4 is 5.91 Å². The van der Waals surface area contributed by atoms with Gasteiger partial charge in [0.25, 0.3) is 0 Å². The molecule has 2 unspecified atom stereocenters. The minimum atomic E-state index is 0.0523. The summed E-state index contributed by atoms with van der Waals surface area (Å²) in [7, 11) is 0. The summed E-state index contributed by atoms with van der Waals surface area (Å²) in [5.41, 5.74) is 0. The molecule has 1 aliphatic rings. The second-order valence-electron chi connectivity index (χ2n) is 6.95. The van der Waals surface area contributed by atoms with E-state index in [2.05, 4.69) is 51.8 Å². The second-order valence-corrected chi connectivity index (χ2v) is 6.95. The van der Waals surface area contributed by atoms with Crippen LogP contribution in [0.3, 0.4) is 0 Å². The normalized spacial score (nSPS) is 23.6. The van der Waals surface area contributed by atoms with Gasteiger partial charge in [0.2, 0.25) is 5.91 Å². The zero-order valence-electron chi connectivity index (χ0n) is 14.3. The van der Waals surface area contributed by atoms with Crippen molar-refractivity contribution in [1.29, 1.82) is 0 Å². The first-order chi connectivity index (χ1) is 9.42. The third-order valence-electron chi connectivity index (χ3n) is 4.61. The first-order valence-electron chi connectivity index (χ1n) is 8.48. The third-order valence-corrected chi connectivity index (χ3v) is 4.61. The Balaban J connectivity index is 2.79. The van der Waals surface area contributed by atoms with E-state index in [9.17, 15) is 4.79 Å². The van der Waals surface area contributed by atoms with Gasteiger partial charge in [0.1, 0.15) is 0 Å². The summed E-state index contributed by atoms with van der Waals surface area (Å²) < 4.78 is 0. The molecule has 1 aliphatic heterocycles. The number of rotatable bonds is 8. The predicted molar refractivity (Wildman–Crippen MR) is 85.4 cm³/mol. The topological polar surface area (TPSA) is 32.3 Å². The van der Waals surface area contributed by atoms with E-state index in [-0.39, 0.29) is 12.2 Å². The summed E-state index contributed by atoms with van der Waals surface area (Å²) in [5.74, 6) is 2.16. The Morgan fingerprint density at radius 1 is 1.05 bits per heavy atom. The molecule has 1 amide bonds. The van der Waals surface area contributed by atoms with Gasteiger partial charge in [-0.1, -0.05) is 54.4 Å². The summed E-state index contributed by atoms with van der Waals surface area (Å²) in [6, 6.07) is 0.0523. The summed E-state index contributed by atoms with van der Waals surface area (Å²) in [6.45, 7) is 14.4. The molecule has 0 aliphatic carbocycles. The van der Waals surface area contributed by atoms with Crippen molar-refractivity contribution in [2.45, 2.75) is 79.4 Å². The van der Waals surface area contributed by atoms with Crippen LogP contribution >= 0.6 is 0 Å². The largest absolute Gasteiger partial charge is 0.325 e. The van der Waals surface area contributed by atoms with Crippen LogP contribution in [-0.4, -0.2) is 29.6 Å². The monoisotopic (exact) mass is 282 g/mol. The van der Waals surface area contributed by atoms with Gasteiger partial charge in [0.15, 0.2) is 0 Å². The van der Waals surface area contributed by atoms with E-state index in [1.807, 2.05) is 0 Å². The minimum Gasteiger partial charge on any atom is -0.325 e. The molecular formula is C17H34N2O. The Morgan fingerprint density at radius 2 is 1.60 bits per heavy atom. The fourth-order valence-electron chi connectivity index (χ4n) is 3.39. The van der Waals surface area contributed by atoms with Crippen molar-refractivity contribution < 1.29 is 4.79 Å². The van der Waals surface area contributed by atoms with E-state index in [0.29, 0.717) is 23.7 Å². The first kappa shape index (κ1) is 17.5. The Morgan fingerprint density at radius 3 is 2.05 bits per heavy atom. The van der Waals surface area contributed by atoms with Crippen LogP contribution in [-0.2, 0) is 4.79 Å². The zero-order valence-corrected chi connectivity index (χ0v) is 14.3. The lowest BCUT2D eigenvalue weighted by molar-refractivity contribution is -0.131. The van der Waals surface area contributed by atoms with Gasteiger partial charge < -0.3 is 4.90 Å². The lowest BCUT2D eigenvalue weighted by Gasteiger charge is -2.32. The molecule has 0 aromatic rings. The average Bonchev–Trinajstić information content (AvgIpc) is 2.64. The molecule has 3 nitrogen and oxygen atoms in total. The van der Waals surface area contributed by atoms with Crippen molar-refractivity contribution in [3.05, 3.63) is 0 Å². The lowest BCUT2D eigenvalue weighted by Crippen LogP contribution is -2.42. The molecule has 0 radical (unpaired) electrons. The number of nitrogens with zero attached hydrogens (tertiary/aromatic N) is 1. The van der Waals surface area contributed by atoms with Crippen molar-refractivity contribution in [2.75, 3.05) is 6.54 Å². The molecule has 20 heavy (non-hydrogen) atoms. The Bertz CT molecular complexity index is 293. The molecule has 0 bridgehead atoms. The molecule has 3 heteroatoms. The van der Waals surface area contributed by atoms with E-state index in [0.717, 1.165) is 32.2 Å². The SMILES string of the molecule is CCCC1NC(CCC)N(CC(C(C)C)C(C)C)C1=O. The number of nitrogens with one attached hydrogen (secondary N) is 1. The van der Waals surface area contributed by atoms with E-state index in [1.54, 1.807) is 0 Å². The smallest absolute Gasteiger partial charge is 0.241 e. The summed E-state index contributed by atoms with van der Waals surface area (Å²) in [5, 5.41) is 3.55. The lowest BCUT2D eigenvalue weighted by atomic mass is 9.85.